The molecule has 1 aromatic heterocycles. The van der Waals surface area contributed by atoms with Gasteiger partial charge in [-0.2, -0.15) is 0 Å². The van der Waals surface area contributed by atoms with Crippen LogP contribution < -0.4 is 5.32 Å². The van der Waals surface area contributed by atoms with Crippen LogP contribution in [0.25, 0.3) is 10.9 Å². The Labute approximate surface area is 150 Å². The minimum Gasteiger partial charge on any atom is -0.381 e. The molecule has 5 nitrogen and oxygen atoms in total. The number of aromatic nitrogens is 1. The predicted octanol–water partition coefficient (Wildman–Crippen LogP) is 3.03. The van der Waals surface area contributed by atoms with E-state index in [0.29, 0.717) is 0 Å². The van der Waals surface area contributed by atoms with Gasteiger partial charge in [0.05, 0.1) is 0 Å². The number of ether oxygens (including phenoxy) is 1. The zero-order valence-electron chi connectivity index (χ0n) is 15.4. The van der Waals surface area contributed by atoms with Gasteiger partial charge in [0.2, 0.25) is 0 Å². The van der Waals surface area contributed by atoms with Crippen molar-refractivity contribution in [3.05, 3.63) is 36.0 Å². The first kappa shape index (κ1) is 17.8. The topological polar surface area (TPSA) is 52.7 Å². The van der Waals surface area contributed by atoms with E-state index in [1.807, 2.05) is 7.05 Å². The lowest BCUT2D eigenvalue weighted by atomic mass is 9.96. The Bertz CT molecular complexity index is 688. The maximum Gasteiger partial charge on any atom is 0.193 e. The van der Waals surface area contributed by atoms with Gasteiger partial charge in [-0.15, -0.1) is 0 Å². The Balaban J connectivity index is 1.45. The molecular formula is C20H30N4O. The minimum atomic E-state index is 0.792. The van der Waals surface area contributed by atoms with Crippen molar-refractivity contribution in [2.24, 2.45) is 10.9 Å². The first-order valence-electron chi connectivity index (χ1n) is 9.32. The standard InChI is InChI=1S/C20H30N4O/c1-21-20(24(2)12-8-16-9-13-25-14-10-16)22-11-7-17-15-23-19-6-4-3-5-18(17)19/h3-6,15-16,23H,7-14H2,1-2H3,(H,21,22). The highest BCUT2D eigenvalue weighted by atomic mass is 16.5. The Morgan fingerprint density at radius 2 is 2.12 bits per heavy atom. The van der Waals surface area contributed by atoms with E-state index in [0.717, 1.165) is 44.6 Å². The second-order valence-electron chi connectivity index (χ2n) is 6.85. The van der Waals surface area contributed by atoms with Gasteiger partial charge in [-0.05, 0) is 43.2 Å². The maximum atomic E-state index is 5.44. The molecule has 5 heteroatoms. The molecular weight excluding hydrogens is 312 g/mol. The van der Waals surface area contributed by atoms with E-state index in [1.165, 1.54) is 35.7 Å². The third-order valence-electron chi connectivity index (χ3n) is 5.14. The quantitative estimate of drug-likeness (QED) is 0.627. The first-order chi connectivity index (χ1) is 12.3. The van der Waals surface area contributed by atoms with Crippen molar-refractivity contribution in [2.45, 2.75) is 25.7 Å². The summed E-state index contributed by atoms with van der Waals surface area (Å²) in [5.41, 5.74) is 2.55. The Morgan fingerprint density at radius 3 is 2.92 bits per heavy atom. The van der Waals surface area contributed by atoms with Crippen LogP contribution in [0.1, 0.15) is 24.8 Å². The summed E-state index contributed by atoms with van der Waals surface area (Å²) in [5, 5.41) is 4.81. The molecule has 0 unspecified atom stereocenters. The van der Waals surface area contributed by atoms with Crippen molar-refractivity contribution in [1.82, 2.24) is 15.2 Å². The van der Waals surface area contributed by atoms with E-state index in [4.69, 9.17) is 4.74 Å². The second-order valence-corrected chi connectivity index (χ2v) is 6.85. The monoisotopic (exact) mass is 342 g/mol. The highest BCUT2D eigenvalue weighted by Crippen LogP contribution is 2.19. The molecule has 0 saturated carbocycles. The van der Waals surface area contributed by atoms with Crippen molar-refractivity contribution >= 4 is 16.9 Å². The Kier molecular flexibility index (Phi) is 6.34. The zero-order valence-corrected chi connectivity index (χ0v) is 15.4. The van der Waals surface area contributed by atoms with E-state index in [1.54, 1.807) is 0 Å². The first-order valence-corrected chi connectivity index (χ1v) is 9.32. The van der Waals surface area contributed by atoms with E-state index in [2.05, 4.69) is 57.7 Å². The summed E-state index contributed by atoms with van der Waals surface area (Å²) in [6.07, 6.45) is 6.70. The molecule has 1 saturated heterocycles. The molecule has 1 aliphatic heterocycles. The number of fused-ring (bicyclic) bond motifs is 1. The summed E-state index contributed by atoms with van der Waals surface area (Å²) in [5.74, 6) is 1.77. The maximum absolute atomic E-state index is 5.44. The normalized spacial score (nSPS) is 16.3. The Hall–Kier alpha value is -2.01. The van der Waals surface area contributed by atoms with Crippen LogP contribution in [0.15, 0.2) is 35.5 Å². The fourth-order valence-electron chi connectivity index (χ4n) is 3.55. The lowest BCUT2D eigenvalue weighted by molar-refractivity contribution is 0.0625. The van der Waals surface area contributed by atoms with Gasteiger partial charge < -0.3 is 19.9 Å². The van der Waals surface area contributed by atoms with Crippen LogP contribution in [-0.4, -0.2) is 56.2 Å². The number of hydrogen-bond donors (Lipinski definition) is 2. The summed E-state index contributed by atoms with van der Waals surface area (Å²) < 4.78 is 5.44. The minimum absolute atomic E-state index is 0.792. The summed E-state index contributed by atoms with van der Waals surface area (Å²) in [7, 11) is 3.99. The number of nitrogens with one attached hydrogen (secondary N) is 2. The summed E-state index contributed by atoms with van der Waals surface area (Å²) in [6, 6.07) is 8.46. The van der Waals surface area contributed by atoms with E-state index in [9.17, 15) is 0 Å². The van der Waals surface area contributed by atoms with Crippen molar-refractivity contribution in [1.29, 1.82) is 0 Å². The molecule has 0 aliphatic carbocycles. The number of aromatic amines is 1. The average molecular weight is 342 g/mol. The molecule has 0 radical (unpaired) electrons. The number of rotatable bonds is 6. The molecule has 1 aliphatic rings. The van der Waals surface area contributed by atoms with Gasteiger partial charge >= 0.3 is 0 Å². The molecule has 2 aromatic rings. The van der Waals surface area contributed by atoms with Crippen LogP contribution in [0.5, 0.6) is 0 Å². The third-order valence-corrected chi connectivity index (χ3v) is 5.14. The van der Waals surface area contributed by atoms with Crippen LogP contribution in [0.2, 0.25) is 0 Å². The SMILES string of the molecule is CN=C(NCCc1c[nH]c2ccccc12)N(C)CCC1CCOCC1. The van der Waals surface area contributed by atoms with Gasteiger partial charge in [0, 0.05) is 57.5 Å². The molecule has 0 amide bonds. The number of aliphatic imine (C=N–C) groups is 1. The van der Waals surface area contributed by atoms with Crippen LogP contribution in [0, 0.1) is 5.92 Å². The molecule has 1 fully saturated rings. The smallest absolute Gasteiger partial charge is 0.193 e. The lowest BCUT2D eigenvalue weighted by Crippen LogP contribution is -2.40. The Morgan fingerprint density at radius 1 is 1.32 bits per heavy atom. The molecule has 1 aromatic carbocycles. The van der Waals surface area contributed by atoms with Gasteiger partial charge in [-0.3, -0.25) is 4.99 Å². The van der Waals surface area contributed by atoms with Crippen LogP contribution >= 0.6 is 0 Å². The molecule has 136 valence electrons. The number of nitrogens with zero attached hydrogens (tertiary/aromatic N) is 2. The van der Waals surface area contributed by atoms with Gasteiger partial charge in [0.15, 0.2) is 5.96 Å². The molecule has 0 spiro atoms. The highest BCUT2D eigenvalue weighted by Gasteiger charge is 2.15. The van der Waals surface area contributed by atoms with Gasteiger partial charge in [0.25, 0.3) is 0 Å². The van der Waals surface area contributed by atoms with Crippen molar-refractivity contribution in [3.8, 4) is 0 Å². The molecule has 0 atom stereocenters. The predicted molar refractivity (Wildman–Crippen MR) is 104 cm³/mol. The fraction of sp³-hybridized carbons (Fsp3) is 0.550. The van der Waals surface area contributed by atoms with Crippen molar-refractivity contribution in [2.75, 3.05) is 40.4 Å². The zero-order chi connectivity index (χ0) is 17.5. The number of hydrogen-bond acceptors (Lipinski definition) is 2. The van der Waals surface area contributed by atoms with Gasteiger partial charge in [-0.25, -0.2) is 0 Å². The summed E-state index contributed by atoms with van der Waals surface area (Å²) >= 11 is 0. The van der Waals surface area contributed by atoms with Crippen LogP contribution in [-0.2, 0) is 11.2 Å². The largest absolute Gasteiger partial charge is 0.381 e. The highest BCUT2D eigenvalue weighted by molar-refractivity contribution is 5.83. The second kappa shape index (κ2) is 8.90. The number of guanidine groups is 1. The van der Waals surface area contributed by atoms with E-state index in [-0.39, 0.29) is 0 Å². The van der Waals surface area contributed by atoms with Crippen LogP contribution in [0.3, 0.4) is 0 Å². The molecule has 3 rings (SSSR count). The number of H-pyrrole nitrogens is 1. The van der Waals surface area contributed by atoms with E-state index >= 15 is 0 Å². The molecule has 25 heavy (non-hydrogen) atoms. The number of benzene rings is 1. The molecule has 2 heterocycles. The fourth-order valence-corrected chi connectivity index (χ4v) is 3.55. The van der Waals surface area contributed by atoms with Crippen molar-refractivity contribution in [3.63, 3.8) is 0 Å². The van der Waals surface area contributed by atoms with Crippen molar-refractivity contribution < 1.29 is 4.74 Å². The van der Waals surface area contributed by atoms with Crippen LogP contribution in [0.4, 0.5) is 0 Å². The summed E-state index contributed by atoms with van der Waals surface area (Å²) in [6.45, 7) is 3.77. The molecule has 2 N–H and O–H groups in total. The average Bonchev–Trinajstić information content (AvgIpc) is 3.07. The lowest BCUT2D eigenvalue weighted by Gasteiger charge is -2.26. The van der Waals surface area contributed by atoms with Gasteiger partial charge in [-0.1, -0.05) is 18.2 Å². The van der Waals surface area contributed by atoms with Gasteiger partial charge in [0.1, 0.15) is 0 Å². The third kappa shape index (κ3) is 4.75. The summed E-state index contributed by atoms with van der Waals surface area (Å²) in [4.78, 5) is 10.0. The number of para-hydroxylation sites is 1. The van der Waals surface area contributed by atoms with E-state index < -0.39 is 0 Å². The molecule has 0 bridgehead atoms.